The third-order valence-corrected chi connectivity index (χ3v) is 4.55. The molecule has 28 heavy (non-hydrogen) atoms. The lowest BCUT2D eigenvalue weighted by atomic mass is 10.2. The summed E-state index contributed by atoms with van der Waals surface area (Å²) in [6.07, 6.45) is 3.83. The second-order valence-electron chi connectivity index (χ2n) is 6.75. The number of hydrogen-bond donors (Lipinski definition) is 1. The monoisotopic (exact) mass is 377 g/mol. The van der Waals surface area contributed by atoms with Crippen molar-refractivity contribution in [1.82, 2.24) is 24.6 Å². The maximum Gasteiger partial charge on any atom is 0.242 e. The van der Waals surface area contributed by atoms with Gasteiger partial charge in [0.05, 0.1) is 5.39 Å². The number of aryl methyl sites for hydroxylation is 2. The Morgan fingerprint density at radius 2 is 1.86 bits per heavy atom. The Balaban J connectivity index is 1.61. The first-order valence-electron chi connectivity index (χ1n) is 9.00. The van der Waals surface area contributed by atoms with Crippen molar-refractivity contribution < 1.29 is 9.18 Å². The van der Waals surface area contributed by atoms with Crippen molar-refractivity contribution in [2.24, 2.45) is 0 Å². The SMILES string of the molecule is Cc1cc(C)c2c(-n3cccc3)nn(CC(=O)NCc3ccc(F)cc3)c2n1. The van der Waals surface area contributed by atoms with E-state index in [2.05, 4.69) is 15.4 Å². The summed E-state index contributed by atoms with van der Waals surface area (Å²) in [5, 5.41) is 8.42. The molecule has 0 atom stereocenters. The van der Waals surface area contributed by atoms with Crippen LogP contribution >= 0.6 is 0 Å². The summed E-state index contributed by atoms with van der Waals surface area (Å²) < 4.78 is 16.5. The number of amides is 1. The average Bonchev–Trinajstić information content (AvgIpc) is 3.30. The molecular weight excluding hydrogens is 357 g/mol. The van der Waals surface area contributed by atoms with Crippen LogP contribution in [0.15, 0.2) is 54.9 Å². The van der Waals surface area contributed by atoms with Crippen LogP contribution in [-0.2, 0) is 17.9 Å². The minimum Gasteiger partial charge on any atom is -0.350 e. The summed E-state index contributed by atoms with van der Waals surface area (Å²) in [5.74, 6) is 0.262. The summed E-state index contributed by atoms with van der Waals surface area (Å²) in [4.78, 5) is 17.1. The standard InChI is InChI=1S/C21H20FN5O/c1-14-11-15(2)24-20-19(14)21(26-9-3-4-10-26)25-27(20)13-18(28)23-12-16-5-7-17(22)8-6-16/h3-11H,12-13H2,1-2H3,(H,23,28). The zero-order chi connectivity index (χ0) is 19.7. The molecule has 0 aliphatic rings. The fraction of sp³-hybridized carbons (Fsp3) is 0.190. The molecule has 0 unspecified atom stereocenters. The molecule has 0 saturated heterocycles. The molecule has 0 aliphatic heterocycles. The predicted molar refractivity (Wildman–Crippen MR) is 105 cm³/mol. The van der Waals surface area contributed by atoms with Gasteiger partial charge in [0.25, 0.3) is 0 Å². The Bertz CT molecular complexity index is 1130. The number of nitrogens with one attached hydrogen (secondary N) is 1. The normalized spacial score (nSPS) is 11.1. The summed E-state index contributed by atoms with van der Waals surface area (Å²) >= 11 is 0. The number of carbonyl (C=O) groups excluding carboxylic acids is 1. The molecule has 3 aromatic heterocycles. The van der Waals surface area contributed by atoms with E-state index in [1.54, 1.807) is 16.8 Å². The topological polar surface area (TPSA) is 64.7 Å². The first-order valence-corrected chi connectivity index (χ1v) is 9.00. The fourth-order valence-corrected chi connectivity index (χ4v) is 3.25. The summed E-state index contributed by atoms with van der Waals surface area (Å²) in [6.45, 7) is 4.32. The smallest absolute Gasteiger partial charge is 0.242 e. The van der Waals surface area contributed by atoms with Crippen molar-refractivity contribution in [2.75, 3.05) is 0 Å². The van der Waals surface area contributed by atoms with Crippen LogP contribution in [0.2, 0.25) is 0 Å². The minimum atomic E-state index is -0.299. The minimum absolute atomic E-state index is 0.0505. The van der Waals surface area contributed by atoms with Crippen LogP contribution in [0.4, 0.5) is 4.39 Å². The molecule has 1 amide bonds. The van der Waals surface area contributed by atoms with Gasteiger partial charge in [-0.2, -0.15) is 5.10 Å². The Labute approximate surface area is 161 Å². The first kappa shape index (κ1) is 17.9. The number of hydrogen-bond acceptors (Lipinski definition) is 3. The largest absolute Gasteiger partial charge is 0.350 e. The molecular formula is C21H20FN5O. The van der Waals surface area contributed by atoms with E-state index < -0.39 is 0 Å². The van der Waals surface area contributed by atoms with Crippen molar-refractivity contribution in [3.05, 3.63) is 77.5 Å². The van der Waals surface area contributed by atoms with Crippen molar-refractivity contribution in [1.29, 1.82) is 0 Å². The van der Waals surface area contributed by atoms with Gasteiger partial charge in [-0.1, -0.05) is 12.1 Å². The van der Waals surface area contributed by atoms with Gasteiger partial charge in [0.2, 0.25) is 5.91 Å². The Morgan fingerprint density at radius 3 is 2.57 bits per heavy atom. The van der Waals surface area contributed by atoms with E-state index in [0.717, 1.165) is 28.0 Å². The zero-order valence-corrected chi connectivity index (χ0v) is 15.7. The summed E-state index contributed by atoms with van der Waals surface area (Å²) in [7, 11) is 0. The van der Waals surface area contributed by atoms with E-state index in [-0.39, 0.29) is 18.3 Å². The van der Waals surface area contributed by atoms with Crippen molar-refractivity contribution in [3.63, 3.8) is 0 Å². The zero-order valence-electron chi connectivity index (χ0n) is 15.7. The highest BCUT2D eigenvalue weighted by molar-refractivity contribution is 5.88. The lowest BCUT2D eigenvalue weighted by Crippen LogP contribution is -2.27. The van der Waals surface area contributed by atoms with Crippen LogP contribution in [0.1, 0.15) is 16.8 Å². The third kappa shape index (κ3) is 3.51. The van der Waals surface area contributed by atoms with Gasteiger partial charge in [0.1, 0.15) is 12.4 Å². The number of benzene rings is 1. The Morgan fingerprint density at radius 1 is 1.14 bits per heavy atom. The van der Waals surface area contributed by atoms with E-state index in [9.17, 15) is 9.18 Å². The molecule has 0 bridgehead atoms. The maximum atomic E-state index is 13.0. The molecule has 1 aromatic carbocycles. The summed E-state index contributed by atoms with van der Waals surface area (Å²) in [5.41, 5.74) is 3.44. The number of carbonyl (C=O) groups is 1. The molecule has 7 heteroatoms. The summed E-state index contributed by atoms with van der Waals surface area (Å²) in [6, 6.07) is 11.9. The first-order chi connectivity index (χ1) is 13.5. The van der Waals surface area contributed by atoms with Gasteiger partial charge in [-0.15, -0.1) is 0 Å². The molecule has 4 aromatic rings. The number of rotatable bonds is 5. The van der Waals surface area contributed by atoms with Crippen LogP contribution in [0.3, 0.4) is 0 Å². The van der Waals surface area contributed by atoms with Crippen LogP contribution in [-0.4, -0.2) is 25.2 Å². The number of halogens is 1. The van der Waals surface area contributed by atoms with E-state index >= 15 is 0 Å². The number of pyridine rings is 1. The van der Waals surface area contributed by atoms with E-state index in [1.807, 2.05) is 49.0 Å². The molecule has 0 fully saturated rings. The highest BCUT2D eigenvalue weighted by Crippen LogP contribution is 2.25. The molecule has 1 N–H and O–H groups in total. The second kappa shape index (κ2) is 7.26. The van der Waals surface area contributed by atoms with Gasteiger partial charge < -0.3 is 9.88 Å². The van der Waals surface area contributed by atoms with E-state index in [0.29, 0.717) is 12.2 Å². The second-order valence-corrected chi connectivity index (χ2v) is 6.75. The van der Waals surface area contributed by atoms with Gasteiger partial charge >= 0.3 is 0 Å². The van der Waals surface area contributed by atoms with Gasteiger partial charge in [0, 0.05) is 24.6 Å². The van der Waals surface area contributed by atoms with Crippen molar-refractivity contribution in [3.8, 4) is 5.82 Å². The van der Waals surface area contributed by atoms with Crippen LogP contribution in [0.5, 0.6) is 0 Å². The van der Waals surface area contributed by atoms with Gasteiger partial charge in [0.15, 0.2) is 11.5 Å². The van der Waals surface area contributed by atoms with Gasteiger partial charge in [-0.05, 0) is 55.3 Å². The Kier molecular flexibility index (Phi) is 4.65. The van der Waals surface area contributed by atoms with Crippen LogP contribution < -0.4 is 5.32 Å². The van der Waals surface area contributed by atoms with Gasteiger partial charge in [-0.25, -0.2) is 14.1 Å². The Hall–Kier alpha value is -3.48. The van der Waals surface area contributed by atoms with Gasteiger partial charge in [-0.3, -0.25) is 4.79 Å². The molecule has 0 radical (unpaired) electrons. The molecule has 4 rings (SSSR count). The fourth-order valence-electron chi connectivity index (χ4n) is 3.25. The van der Waals surface area contributed by atoms with Crippen LogP contribution in [0, 0.1) is 19.7 Å². The molecule has 142 valence electrons. The van der Waals surface area contributed by atoms with Crippen LogP contribution in [0.25, 0.3) is 16.9 Å². The third-order valence-electron chi connectivity index (χ3n) is 4.55. The van der Waals surface area contributed by atoms with Crippen molar-refractivity contribution >= 4 is 16.9 Å². The molecule has 3 heterocycles. The lowest BCUT2D eigenvalue weighted by Gasteiger charge is -2.07. The van der Waals surface area contributed by atoms with Crippen molar-refractivity contribution in [2.45, 2.75) is 26.9 Å². The molecule has 0 aliphatic carbocycles. The average molecular weight is 377 g/mol. The highest BCUT2D eigenvalue weighted by Gasteiger charge is 2.17. The number of nitrogens with zero attached hydrogens (tertiary/aromatic N) is 4. The molecule has 6 nitrogen and oxygen atoms in total. The number of aromatic nitrogens is 4. The van der Waals surface area contributed by atoms with E-state index in [1.165, 1.54) is 12.1 Å². The molecule has 0 spiro atoms. The quantitative estimate of drug-likeness (QED) is 0.580. The molecule has 0 saturated carbocycles. The maximum absolute atomic E-state index is 13.0. The number of fused-ring (bicyclic) bond motifs is 1. The lowest BCUT2D eigenvalue weighted by molar-refractivity contribution is -0.121. The van der Waals surface area contributed by atoms with E-state index in [4.69, 9.17) is 0 Å². The predicted octanol–water partition coefficient (Wildman–Crippen LogP) is 3.29. The highest BCUT2D eigenvalue weighted by atomic mass is 19.1.